The lowest BCUT2D eigenvalue weighted by Gasteiger charge is -2.22. The number of amides is 1. The van der Waals surface area contributed by atoms with E-state index in [0.29, 0.717) is 22.3 Å². The topological polar surface area (TPSA) is 42.0 Å². The lowest BCUT2D eigenvalue weighted by Crippen LogP contribution is -2.30. The number of halogens is 8. The second kappa shape index (κ2) is 11.5. The van der Waals surface area contributed by atoms with Gasteiger partial charge >= 0.3 is 0 Å². The van der Waals surface area contributed by atoms with Crippen LogP contribution in [0.5, 0.6) is 0 Å². The Morgan fingerprint density at radius 1 is 0.762 bits per heavy atom. The molecular weight excluding hydrogens is 588 g/mol. The molecule has 0 spiro atoms. The fourth-order valence-corrected chi connectivity index (χ4v) is 5.44. The van der Waals surface area contributed by atoms with Gasteiger partial charge in [0, 0.05) is 23.6 Å². The van der Waals surface area contributed by atoms with E-state index < -0.39 is 82.0 Å². The molecule has 1 unspecified atom stereocenters. The van der Waals surface area contributed by atoms with Crippen LogP contribution >= 0.6 is 11.3 Å². The van der Waals surface area contributed by atoms with E-state index in [-0.39, 0.29) is 16.7 Å². The number of thiazole rings is 1. The van der Waals surface area contributed by atoms with Crippen LogP contribution in [0.1, 0.15) is 51.5 Å². The first-order chi connectivity index (χ1) is 19.9. The van der Waals surface area contributed by atoms with Crippen molar-refractivity contribution >= 4 is 27.5 Å². The van der Waals surface area contributed by atoms with Crippen LogP contribution in [-0.2, 0) is 6.42 Å². The first-order valence-electron chi connectivity index (χ1n) is 12.3. The number of benzene rings is 4. The third-order valence-corrected chi connectivity index (χ3v) is 7.53. The van der Waals surface area contributed by atoms with Crippen molar-refractivity contribution in [2.24, 2.45) is 0 Å². The predicted octanol–water partition coefficient (Wildman–Crippen LogP) is 8.27. The fraction of sp³-hybridized carbons (Fsp3) is 0.133. The van der Waals surface area contributed by atoms with Crippen molar-refractivity contribution in [3.8, 4) is 0 Å². The highest BCUT2D eigenvalue weighted by Gasteiger charge is 2.34. The van der Waals surface area contributed by atoms with Crippen LogP contribution in [0.15, 0.2) is 60.1 Å². The van der Waals surface area contributed by atoms with Crippen molar-refractivity contribution in [1.29, 1.82) is 0 Å². The van der Waals surface area contributed by atoms with Crippen molar-refractivity contribution in [3.05, 3.63) is 134 Å². The molecule has 0 fully saturated rings. The molecule has 2 atom stereocenters. The Kier molecular flexibility index (Phi) is 8.00. The van der Waals surface area contributed by atoms with Crippen molar-refractivity contribution < 1.29 is 39.9 Å². The van der Waals surface area contributed by atoms with Gasteiger partial charge in [0.15, 0.2) is 17.5 Å². The molecule has 0 saturated carbocycles. The van der Waals surface area contributed by atoms with Crippen molar-refractivity contribution in [2.45, 2.75) is 25.3 Å². The molecule has 4 aromatic carbocycles. The van der Waals surface area contributed by atoms with Crippen molar-refractivity contribution in [3.63, 3.8) is 0 Å². The minimum Gasteiger partial charge on any atom is -0.345 e. The number of rotatable bonds is 7. The first-order valence-corrected chi connectivity index (χ1v) is 13.2. The van der Waals surface area contributed by atoms with E-state index in [1.807, 2.05) is 0 Å². The maximum Gasteiger partial charge on any atom is 0.257 e. The highest BCUT2D eigenvalue weighted by Crippen LogP contribution is 2.37. The van der Waals surface area contributed by atoms with E-state index in [2.05, 4.69) is 10.3 Å². The third-order valence-electron chi connectivity index (χ3n) is 6.72. The average Bonchev–Trinajstić information content (AvgIpc) is 3.38. The number of aromatic nitrogens is 1. The van der Waals surface area contributed by atoms with E-state index >= 15 is 8.78 Å². The molecule has 216 valence electrons. The molecule has 0 radical (unpaired) electrons. The van der Waals surface area contributed by atoms with E-state index in [4.69, 9.17) is 0 Å². The van der Waals surface area contributed by atoms with Gasteiger partial charge < -0.3 is 5.32 Å². The van der Waals surface area contributed by atoms with E-state index in [1.165, 1.54) is 35.9 Å². The zero-order valence-corrected chi connectivity index (χ0v) is 22.2. The summed E-state index contributed by atoms with van der Waals surface area (Å²) in [6.45, 7) is 1.26. The highest BCUT2D eigenvalue weighted by molar-refractivity contribution is 7.16. The smallest absolute Gasteiger partial charge is 0.257 e. The van der Waals surface area contributed by atoms with Gasteiger partial charge in [-0.2, -0.15) is 0 Å². The second-order valence-corrected chi connectivity index (χ2v) is 10.4. The Balaban J connectivity index is 1.64. The summed E-state index contributed by atoms with van der Waals surface area (Å²) in [6, 6.07) is 8.00. The van der Waals surface area contributed by atoms with Crippen LogP contribution in [-0.4, -0.2) is 10.9 Å². The van der Waals surface area contributed by atoms with Gasteiger partial charge in [-0.15, -0.1) is 11.3 Å². The SMILES string of the molecule is CC(NC(=O)c1c(F)c(F)c(F)c([C@@H](Cc2cc(F)cc(F)c2)c2ccc3scnc3c2)c1F)c1cc(F)cc(F)c1. The van der Waals surface area contributed by atoms with Gasteiger partial charge in [0.25, 0.3) is 5.91 Å². The summed E-state index contributed by atoms with van der Waals surface area (Å²) >= 11 is 1.27. The van der Waals surface area contributed by atoms with Gasteiger partial charge in [-0.05, 0) is 66.4 Å². The molecule has 42 heavy (non-hydrogen) atoms. The molecule has 5 rings (SSSR count). The van der Waals surface area contributed by atoms with E-state index in [0.717, 1.165) is 24.3 Å². The summed E-state index contributed by atoms with van der Waals surface area (Å²) in [7, 11) is 0. The quantitative estimate of drug-likeness (QED) is 0.115. The van der Waals surface area contributed by atoms with Gasteiger partial charge in [0.2, 0.25) is 0 Å². The lowest BCUT2D eigenvalue weighted by atomic mass is 9.84. The van der Waals surface area contributed by atoms with Gasteiger partial charge in [-0.3, -0.25) is 4.79 Å². The zero-order chi connectivity index (χ0) is 30.3. The predicted molar refractivity (Wildman–Crippen MR) is 140 cm³/mol. The monoisotopic (exact) mass is 606 g/mol. The van der Waals surface area contributed by atoms with Gasteiger partial charge in [0.05, 0.1) is 21.8 Å². The van der Waals surface area contributed by atoms with Crippen molar-refractivity contribution in [2.75, 3.05) is 0 Å². The molecule has 0 bridgehead atoms. The molecule has 1 heterocycles. The number of nitrogens with one attached hydrogen (secondary N) is 1. The van der Waals surface area contributed by atoms with Crippen LogP contribution in [0, 0.1) is 46.5 Å². The minimum absolute atomic E-state index is 0.0628. The zero-order valence-electron chi connectivity index (χ0n) is 21.4. The molecule has 1 amide bonds. The van der Waals surface area contributed by atoms with E-state index in [1.54, 1.807) is 6.07 Å². The molecule has 0 aliphatic rings. The summed E-state index contributed by atoms with van der Waals surface area (Å²) in [4.78, 5) is 17.2. The Bertz CT molecular complexity index is 1800. The number of hydrogen-bond acceptors (Lipinski definition) is 3. The minimum atomic E-state index is -2.16. The molecule has 0 saturated heterocycles. The van der Waals surface area contributed by atoms with Crippen LogP contribution in [0.4, 0.5) is 35.1 Å². The Labute approximate surface area is 237 Å². The largest absolute Gasteiger partial charge is 0.345 e. The number of carbonyl (C=O) groups is 1. The van der Waals surface area contributed by atoms with Crippen LogP contribution in [0.3, 0.4) is 0 Å². The van der Waals surface area contributed by atoms with Gasteiger partial charge in [-0.1, -0.05) is 6.07 Å². The Hall–Kier alpha value is -4.32. The molecule has 0 aliphatic heterocycles. The van der Waals surface area contributed by atoms with Crippen molar-refractivity contribution in [1.82, 2.24) is 10.3 Å². The molecule has 5 aromatic rings. The Morgan fingerprint density at radius 2 is 1.38 bits per heavy atom. The Morgan fingerprint density at radius 3 is 2.02 bits per heavy atom. The highest BCUT2D eigenvalue weighted by atomic mass is 32.1. The molecule has 12 heteroatoms. The summed E-state index contributed by atoms with van der Waals surface area (Å²) in [5.41, 5.74) is -0.667. The first kappa shape index (κ1) is 29.2. The maximum absolute atomic E-state index is 16.1. The van der Waals surface area contributed by atoms with Crippen LogP contribution < -0.4 is 5.32 Å². The molecule has 0 aliphatic carbocycles. The van der Waals surface area contributed by atoms with E-state index in [9.17, 15) is 31.1 Å². The standard InChI is InChI=1S/C30H18F8N2OS/c1-13(16-7-19(33)11-20(34)8-16)40-30(41)25-26(35)24(27(36)29(38)28(25)37)21(6-14-4-17(31)10-18(32)5-14)15-2-3-23-22(9-15)39-12-42-23/h2-5,7-13,21H,6H2,1H3,(H,40,41)/t13?,21-/m0/s1. The molecule has 1 N–H and O–H groups in total. The van der Waals surface area contributed by atoms with Gasteiger partial charge in [0.1, 0.15) is 34.6 Å². The normalized spacial score (nSPS) is 12.9. The second-order valence-electron chi connectivity index (χ2n) is 9.56. The number of nitrogens with zero attached hydrogens (tertiary/aromatic N) is 1. The maximum atomic E-state index is 16.1. The molecule has 1 aromatic heterocycles. The summed E-state index contributed by atoms with van der Waals surface area (Å²) in [5, 5.41) is 2.14. The summed E-state index contributed by atoms with van der Waals surface area (Å²) in [5.74, 6) is -15.0. The van der Waals surface area contributed by atoms with Gasteiger partial charge in [-0.25, -0.2) is 40.1 Å². The number of carbonyl (C=O) groups excluding carboxylic acids is 1. The van der Waals surface area contributed by atoms with Crippen LogP contribution in [0.2, 0.25) is 0 Å². The number of fused-ring (bicyclic) bond motifs is 1. The average molecular weight is 607 g/mol. The number of hydrogen-bond donors (Lipinski definition) is 1. The van der Waals surface area contributed by atoms with Crippen LogP contribution in [0.25, 0.3) is 10.2 Å². The summed E-state index contributed by atoms with van der Waals surface area (Å²) in [6.07, 6.45) is -0.483. The molecular formula is C30H18F8N2OS. The molecule has 3 nitrogen and oxygen atoms in total. The fourth-order valence-electron chi connectivity index (χ4n) is 4.78. The summed E-state index contributed by atoms with van der Waals surface area (Å²) < 4.78 is 117. The lowest BCUT2D eigenvalue weighted by molar-refractivity contribution is 0.0929. The third kappa shape index (κ3) is 5.71.